The smallest absolute Gasteiger partial charge is 0.238 e. The standard InChI is InChI=1S/C22H30N2O2/c1-15(2)18-11-8-12-19(16(3)4)22(18)24-21(26)14-23-13-20(25)17-9-6-5-7-10-17/h5-12,15-16,20,23,25H,13-14H2,1-4H3,(H,24,26)/t20-/m0/s1. The normalized spacial score (nSPS) is 12.4. The maximum absolute atomic E-state index is 12.4. The van der Waals surface area contributed by atoms with Crippen LogP contribution in [-0.2, 0) is 4.79 Å². The van der Waals surface area contributed by atoms with E-state index < -0.39 is 6.10 Å². The van der Waals surface area contributed by atoms with Crippen LogP contribution in [0.5, 0.6) is 0 Å². The second-order valence-electron chi connectivity index (χ2n) is 7.23. The van der Waals surface area contributed by atoms with Crippen molar-refractivity contribution in [2.75, 3.05) is 18.4 Å². The van der Waals surface area contributed by atoms with Gasteiger partial charge in [0.05, 0.1) is 12.6 Å². The molecule has 1 atom stereocenters. The average Bonchev–Trinajstić information content (AvgIpc) is 2.62. The Kier molecular flexibility index (Phi) is 7.37. The van der Waals surface area contributed by atoms with Crippen LogP contribution in [-0.4, -0.2) is 24.1 Å². The number of hydrogen-bond acceptors (Lipinski definition) is 3. The molecule has 2 aromatic rings. The van der Waals surface area contributed by atoms with E-state index in [0.717, 1.165) is 22.4 Å². The summed E-state index contributed by atoms with van der Waals surface area (Å²) in [4.78, 5) is 12.4. The van der Waals surface area contributed by atoms with Crippen molar-refractivity contribution >= 4 is 11.6 Å². The van der Waals surface area contributed by atoms with Gasteiger partial charge < -0.3 is 15.7 Å². The Labute approximate surface area is 156 Å². The lowest BCUT2D eigenvalue weighted by Gasteiger charge is -2.20. The lowest BCUT2D eigenvalue weighted by Crippen LogP contribution is -2.31. The summed E-state index contributed by atoms with van der Waals surface area (Å²) >= 11 is 0. The second-order valence-corrected chi connectivity index (χ2v) is 7.23. The lowest BCUT2D eigenvalue weighted by molar-refractivity contribution is -0.115. The monoisotopic (exact) mass is 354 g/mol. The fraction of sp³-hybridized carbons (Fsp3) is 0.409. The zero-order chi connectivity index (χ0) is 19.1. The molecule has 4 nitrogen and oxygen atoms in total. The van der Waals surface area contributed by atoms with Gasteiger partial charge in [-0.1, -0.05) is 76.2 Å². The highest BCUT2D eigenvalue weighted by Crippen LogP contribution is 2.32. The molecule has 0 radical (unpaired) electrons. The van der Waals surface area contributed by atoms with Crippen molar-refractivity contribution in [3.05, 3.63) is 65.2 Å². The zero-order valence-electron chi connectivity index (χ0n) is 16.1. The van der Waals surface area contributed by atoms with Gasteiger partial charge in [-0.05, 0) is 28.5 Å². The van der Waals surface area contributed by atoms with E-state index in [1.54, 1.807) is 0 Å². The maximum Gasteiger partial charge on any atom is 0.238 e. The number of rotatable bonds is 8. The minimum atomic E-state index is -0.627. The first-order valence-corrected chi connectivity index (χ1v) is 9.26. The summed E-state index contributed by atoms with van der Waals surface area (Å²) in [5.41, 5.74) is 4.06. The van der Waals surface area contributed by atoms with Gasteiger partial charge in [0.25, 0.3) is 0 Å². The maximum atomic E-state index is 12.4. The Morgan fingerprint density at radius 2 is 1.50 bits per heavy atom. The second kappa shape index (κ2) is 9.51. The first kappa shape index (κ1) is 20.1. The summed E-state index contributed by atoms with van der Waals surface area (Å²) in [5.74, 6) is 0.564. The summed E-state index contributed by atoms with van der Waals surface area (Å²) in [6.07, 6.45) is -0.627. The van der Waals surface area contributed by atoms with E-state index >= 15 is 0 Å². The molecular formula is C22H30N2O2. The molecule has 0 saturated carbocycles. The Morgan fingerprint density at radius 1 is 0.923 bits per heavy atom. The van der Waals surface area contributed by atoms with E-state index in [9.17, 15) is 9.90 Å². The van der Waals surface area contributed by atoms with Gasteiger partial charge in [-0.3, -0.25) is 4.79 Å². The van der Waals surface area contributed by atoms with Crippen molar-refractivity contribution in [1.29, 1.82) is 0 Å². The van der Waals surface area contributed by atoms with Crippen molar-refractivity contribution in [3.63, 3.8) is 0 Å². The number of anilines is 1. The van der Waals surface area contributed by atoms with Crippen LogP contribution in [0.2, 0.25) is 0 Å². The highest BCUT2D eigenvalue weighted by atomic mass is 16.3. The van der Waals surface area contributed by atoms with Crippen LogP contribution in [0.15, 0.2) is 48.5 Å². The molecule has 0 aliphatic rings. The zero-order valence-corrected chi connectivity index (χ0v) is 16.1. The first-order chi connectivity index (χ1) is 12.4. The summed E-state index contributed by atoms with van der Waals surface area (Å²) in [7, 11) is 0. The molecule has 2 aromatic carbocycles. The van der Waals surface area contributed by atoms with Gasteiger partial charge in [0.1, 0.15) is 0 Å². The largest absolute Gasteiger partial charge is 0.387 e. The third-order valence-corrected chi connectivity index (χ3v) is 4.44. The SMILES string of the molecule is CC(C)c1cccc(C(C)C)c1NC(=O)CNC[C@H](O)c1ccccc1. The molecule has 0 saturated heterocycles. The van der Waals surface area contributed by atoms with Gasteiger partial charge >= 0.3 is 0 Å². The molecule has 3 N–H and O–H groups in total. The lowest BCUT2D eigenvalue weighted by atomic mass is 9.92. The van der Waals surface area contributed by atoms with Crippen molar-refractivity contribution in [2.24, 2.45) is 0 Å². The van der Waals surface area contributed by atoms with Gasteiger partial charge in [-0.15, -0.1) is 0 Å². The molecule has 0 aliphatic heterocycles. The molecule has 2 rings (SSSR count). The van der Waals surface area contributed by atoms with Crippen molar-refractivity contribution in [1.82, 2.24) is 5.32 Å². The number of nitrogens with one attached hydrogen (secondary N) is 2. The fourth-order valence-electron chi connectivity index (χ4n) is 2.99. The summed E-state index contributed by atoms with van der Waals surface area (Å²) in [6.45, 7) is 9.01. The number of carbonyl (C=O) groups excluding carboxylic acids is 1. The van der Waals surface area contributed by atoms with E-state index in [2.05, 4.69) is 56.5 Å². The predicted molar refractivity (Wildman–Crippen MR) is 108 cm³/mol. The number of benzene rings is 2. The van der Waals surface area contributed by atoms with Crippen molar-refractivity contribution in [3.8, 4) is 0 Å². The first-order valence-electron chi connectivity index (χ1n) is 9.26. The van der Waals surface area contributed by atoms with E-state index in [1.165, 1.54) is 0 Å². The number of aliphatic hydroxyl groups excluding tert-OH is 1. The Morgan fingerprint density at radius 3 is 2.04 bits per heavy atom. The summed E-state index contributed by atoms with van der Waals surface area (Å²) in [6, 6.07) is 15.6. The van der Waals surface area contributed by atoms with E-state index in [4.69, 9.17) is 0 Å². The molecule has 0 fully saturated rings. The highest BCUT2D eigenvalue weighted by Gasteiger charge is 2.16. The molecule has 0 spiro atoms. The Bertz CT molecular complexity index is 685. The van der Waals surface area contributed by atoms with Gasteiger partial charge in [-0.2, -0.15) is 0 Å². The molecule has 4 heteroatoms. The molecule has 1 amide bonds. The fourth-order valence-corrected chi connectivity index (χ4v) is 2.99. The van der Waals surface area contributed by atoms with Crippen LogP contribution >= 0.6 is 0 Å². The van der Waals surface area contributed by atoms with Gasteiger partial charge in [0.15, 0.2) is 0 Å². The topological polar surface area (TPSA) is 61.4 Å². The van der Waals surface area contributed by atoms with Gasteiger partial charge in [0, 0.05) is 12.2 Å². The number of aliphatic hydroxyl groups is 1. The number of para-hydroxylation sites is 1. The molecular weight excluding hydrogens is 324 g/mol. The van der Waals surface area contributed by atoms with Crippen LogP contribution in [0.1, 0.15) is 62.3 Å². The number of carbonyl (C=O) groups is 1. The van der Waals surface area contributed by atoms with Crippen LogP contribution in [0.4, 0.5) is 5.69 Å². The molecule has 0 heterocycles. The summed E-state index contributed by atoms with van der Waals surface area (Å²) < 4.78 is 0. The predicted octanol–water partition coefficient (Wildman–Crippen LogP) is 4.20. The molecule has 0 bridgehead atoms. The van der Waals surface area contributed by atoms with Crippen LogP contribution in [0.3, 0.4) is 0 Å². The Balaban J connectivity index is 1.97. The van der Waals surface area contributed by atoms with E-state index in [0.29, 0.717) is 18.4 Å². The molecule has 26 heavy (non-hydrogen) atoms. The quantitative estimate of drug-likeness (QED) is 0.666. The molecule has 0 unspecified atom stereocenters. The third kappa shape index (κ3) is 5.41. The van der Waals surface area contributed by atoms with E-state index in [1.807, 2.05) is 30.3 Å². The third-order valence-electron chi connectivity index (χ3n) is 4.44. The average molecular weight is 354 g/mol. The Hall–Kier alpha value is -2.17. The van der Waals surface area contributed by atoms with Crippen molar-refractivity contribution < 1.29 is 9.90 Å². The molecule has 0 aromatic heterocycles. The summed E-state index contributed by atoms with van der Waals surface area (Å²) in [5, 5.41) is 16.3. The van der Waals surface area contributed by atoms with Gasteiger partial charge in [0.2, 0.25) is 5.91 Å². The van der Waals surface area contributed by atoms with Crippen LogP contribution in [0.25, 0.3) is 0 Å². The minimum absolute atomic E-state index is 0.0970. The van der Waals surface area contributed by atoms with E-state index in [-0.39, 0.29) is 12.5 Å². The van der Waals surface area contributed by atoms with Gasteiger partial charge in [-0.25, -0.2) is 0 Å². The highest BCUT2D eigenvalue weighted by molar-refractivity contribution is 5.94. The minimum Gasteiger partial charge on any atom is -0.387 e. The number of hydrogen-bond donors (Lipinski definition) is 3. The van der Waals surface area contributed by atoms with Crippen LogP contribution < -0.4 is 10.6 Å². The molecule has 140 valence electrons. The van der Waals surface area contributed by atoms with Crippen molar-refractivity contribution in [2.45, 2.75) is 45.6 Å². The van der Waals surface area contributed by atoms with Crippen LogP contribution in [0, 0.1) is 0 Å². The molecule has 0 aliphatic carbocycles. The number of amides is 1.